The second-order valence-electron chi connectivity index (χ2n) is 17.0. The molecule has 0 N–H and O–H groups in total. The van der Waals surface area contributed by atoms with E-state index in [0.717, 1.165) is 96.3 Å². The maximum atomic E-state index is 12.7. The molecule has 0 spiro atoms. The topological polar surface area (TPSA) is 61.8 Å². The average molecular weight is 863 g/mol. The van der Waals surface area contributed by atoms with E-state index in [4.69, 9.17) is 14.2 Å². The highest BCUT2D eigenvalue weighted by Crippen LogP contribution is 2.13. The lowest BCUT2D eigenvalue weighted by Crippen LogP contribution is -2.30. The van der Waals surface area contributed by atoms with Gasteiger partial charge in [0.1, 0.15) is 6.61 Å². The summed E-state index contributed by atoms with van der Waals surface area (Å²) in [5.74, 6) is -0.432. The van der Waals surface area contributed by atoms with Gasteiger partial charge in [-0.1, -0.05) is 215 Å². The van der Waals surface area contributed by atoms with Crippen molar-refractivity contribution in [2.24, 2.45) is 0 Å². The van der Waals surface area contributed by atoms with Gasteiger partial charge in [-0.2, -0.15) is 0 Å². The molecule has 0 aromatic rings. The van der Waals surface area contributed by atoms with Crippen molar-refractivity contribution < 1.29 is 23.8 Å². The minimum absolute atomic E-state index is 0.0664. The Morgan fingerprint density at radius 3 is 1.19 bits per heavy atom. The van der Waals surface area contributed by atoms with Gasteiger partial charge in [-0.3, -0.25) is 9.59 Å². The Kier molecular flexibility index (Phi) is 50.0. The highest BCUT2D eigenvalue weighted by Gasteiger charge is 2.17. The van der Waals surface area contributed by atoms with E-state index >= 15 is 0 Å². The molecule has 1 atom stereocenters. The summed E-state index contributed by atoms with van der Waals surface area (Å²) in [5.41, 5.74) is 0. The Bertz CT molecular complexity index is 1160. The van der Waals surface area contributed by atoms with Crippen LogP contribution in [0.15, 0.2) is 85.1 Å². The summed E-state index contributed by atoms with van der Waals surface area (Å²) in [7, 11) is 0. The molecule has 0 radical (unpaired) electrons. The highest BCUT2D eigenvalue weighted by atomic mass is 16.6. The van der Waals surface area contributed by atoms with Crippen molar-refractivity contribution in [1.29, 1.82) is 0 Å². The third-order valence-corrected chi connectivity index (χ3v) is 10.9. The van der Waals surface area contributed by atoms with Gasteiger partial charge in [0.2, 0.25) is 0 Å². The maximum absolute atomic E-state index is 12.7. The Balaban J connectivity index is 4.25. The van der Waals surface area contributed by atoms with Crippen LogP contribution in [0.25, 0.3) is 0 Å². The quantitative estimate of drug-likeness (QED) is 0.0346. The molecular weight excluding hydrogens is 765 g/mol. The zero-order chi connectivity index (χ0) is 44.9. The molecule has 5 heteroatoms. The minimum Gasteiger partial charge on any atom is -0.462 e. The first-order valence-electron chi connectivity index (χ1n) is 26.1. The molecule has 0 aliphatic rings. The Morgan fingerprint density at radius 2 is 0.726 bits per heavy atom. The molecule has 0 saturated heterocycles. The average Bonchev–Trinajstić information content (AvgIpc) is 3.27. The molecular formula is C57H98O5. The van der Waals surface area contributed by atoms with E-state index in [1.54, 1.807) is 0 Å². The molecule has 0 saturated carbocycles. The van der Waals surface area contributed by atoms with Crippen molar-refractivity contribution in [1.82, 2.24) is 0 Å². The maximum Gasteiger partial charge on any atom is 0.306 e. The summed E-state index contributed by atoms with van der Waals surface area (Å²) < 4.78 is 17.4. The summed E-state index contributed by atoms with van der Waals surface area (Å²) in [6, 6.07) is 0. The summed E-state index contributed by atoms with van der Waals surface area (Å²) >= 11 is 0. The summed E-state index contributed by atoms with van der Waals surface area (Å²) in [4.78, 5) is 25.3. The lowest BCUT2D eigenvalue weighted by Gasteiger charge is -2.18. The molecule has 0 bridgehead atoms. The van der Waals surface area contributed by atoms with Crippen LogP contribution in [0.2, 0.25) is 0 Å². The lowest BCUT2D eigenvalue weighted by atomic mass is 10.1. The van der Waals surface area contributed by atoms with Gasteiger partial charge in [-0.05, 0) is 96.3 Å². The first-order valence-corrected chi connectivity index (χ1v) is 26.1. The number of ether oxygens (including phenoxy) is 3. The van der Waals surface area contributed by atoms with Gasteiger partial charge in [-0.25, -0.2) is 0 Å². The summed E-state index contributed by atoms with van der Waals surface area (Å²) in [6.07, 6.45) is 68.8. The number of hydrogen-bond donors (Lipinski definition) is 0. The smallest absolute Gasteiger partial charge is 0.306 e. The molecule has 5 nitrogen and oxygen atoms in total. The first-order chi connectivity index (χ1) is 30.6. The summed E-state index contributed by atoms with van der Waals surface area (Å²) in [6.45, 7) is 7.63. The fourth-order valence-electron chi connectivity index (χ4n) is 7.04. The fraction of sp³-hybridized carbons (Fsp3) is 0.719. The first kappa shape index (κ1) is 59.1. The van der Waals surface area contributed by atoms with E-state index < -0.39 is 6.10 Å². The van der Waals surface area contributed by atoms with Crippen LogP contribution in [0.1, 0.15) is 239 Å². The summed E-state index contributed by atoms with van der Waals surface area (Å²) in [5, 5.41) is 0. The molecule has 0 aromatic heterocycles. The SMILES string of the molecule is CC/C=C\C/C=C\C/C=C\C/C=C\CCCCCCC(=O)OCC(COCCCCCCCCC/C=C\C/C=C\C/C=C\CCCCC)OC(=O)CCCCCCCCCCC. The minimum atomic E-state index is -0.552. The number of rotatable bonds is 47. The standard InChI is InChI=1S/C57H98O5/c1-4-7-10-13-16-19-21-23-25-27-28-29-31-33-35-37-40-43-46-49-52-60-53-55(62-57(59)51-48-45-42-38-18-15-12-9-6-3)54-61-56(58)50-47-44-41-39-36-34-32-30-26-24-22-20-17-14-11-8-5-2/h8,11,16-17,19-20,23-26,28-29,32,34,55H,4-7,9-10,12-15,18,21-22,27,30-31,33,35-54H2,1-3H3/b11-8-,19-16-,20-17-,25-23-,26-24-,29-28-,34-32-. The highest BCUT2D eigenvalue weighted by molar-refractivity contribution is 5.70. The van der Waals surface area contributed by atoms with E-state index in [1.807, 2.05) is 0 Å². The molecule has 0 amide bonds. The van der Waals surface area contributed by atoms with Crippen molar-refractivity contribution in [2.75, 3.05) is 19.8 Å². The Hall–Kier alpha value is -2.92. The van der Waals surface area contributed by atoms with E-state index in [2.05, 4.69) is 106 Å². The molecule has 0 aliphatic carbocycles. The van der Waals surface area contributed by atoms with E-state index in [0.29, 0.717) is 19.4 Å². The van der Waals surface area contributed by atoms with Crippen LogP contribution in [0.5, 0.6) is 0 Å². The molecule has 0 aliphatic heterocycles. The molecule has 0 aromatic carbocycles. The van der Waals surface area contributed by atoms with Crippen LogP contribution in [0.3, 0.4) is 0 Å². The normalized spacial score (nSPS) is 12.9. The van der Waals surface area contributed by atoms with Crippen LogP contribution < -0.4 is 0 Å². The largest absolute Gasteiger partial charge is 0.462 e. The van der Waals surface area contributed by atoms with E-state index in [-0.39, 0.29) is 25.2 Å². The Morgan fingerprint density at radius 1 is 0.371 bits per heavy atom. The molecule has 0 rings (SSSR count). The predicted octanol–water partition coefficient (Wildman–Crippen LogP) is 17.7. The fourth-order valence-corrected chi connectivity index (χ4v) is 7.04. The Labute approximate surface area is 384 Å². The lowest BCUT2D eigenvalue weighted by molar-refractivity contribution is -0.163. The number of esters is 2. The van der Waals surface area contributed by atoms with Gasteiger partial charge in [0, 0.05) is 19.4 Å². The van der Waals surface area contributed by atoms with Crippen LogP contribution >= 0.6 is 0 Å². The number of hydrogen-bond acceptors (Lipinski definition) is 5. The second kappa shape index (κ2) is 52.4. The van der Waals surface area contributed by atoms with Crippen LogP contribution in [-0.2, 0) is 23.8 Å². The third kappa shape index (κ3) is 49.7. The second-order valence-corrected chi connectivity index (χ2v) is 17.0. The van der Waals surface area contributed by atoms with Crippen molar-refractivity contribution >= 4 is 11.9 Å². The van der Waals surface area contributed by atoms with Crippen molar-refractivity contribution in [2.45, 2.75) is 245 Å². The molecule has 0 heterocycles. The van der Waals surface area contributed by atoms with Gasteiger partial charge in [0.25, 0.3) is 0 Å². The van der Waals surface area contributed by atoms with Gasteiger partial charge >= 0.3 is 11.9 Å². The monoisotopic (exact) mass is 863 g/mol. The van der Waals surface area contributed by atoms with Gasteiger partial charge < -0.3 is 14.2 Å². The number of allylic oxidation sites excluding steroid dienone is 14. The van der Waals surface area contributed by atoms with Crippen molar-refractivity contribution in [3.8, 4) is 0 Å². The molecule has 1 unspecified atom stereocenters. The van der Waals surface area contributed by atoms with Crippen LogP contribution in [0.4, 0.5) is 0 Å². The van der Waals surface area contributed by atoms with Crippen LogP contribution in [0, 0.1) is 0 Å². The van der Waals surface area contributed by atoms with E-state index in [9.17, 15) is 9.59 Å². The molecule has 62 heavy (non-hydrogen) atoms. The van der Waals surface area contributed by atoms with E-state index in [1.165, 1.54) is 109 Å². The van der Waals surface area contributed by atoms with Gasteiger partial charge in [0.15, 0.2) is 6.10 Å². The van der Waals surface area contributed by atoms with Crippen molar-refractivity contribution in [3.05, 3.63) is 85.1 Å². The van der Waals surface area contributed by atoms with Gasteiger partial charge in [-0.15, -0.1) is 0 Å². The zero-order valence-corrected chi connectivity index (χ0v) is 40.9. The van der Waals surface area contributed by atoms with Crippen molar-refractivity contribution in [3.63, 3.8) is 0 Å². The van der Waals surface area contributed by atoms with Crippen LogP contribution in [-0.4, -0.2) is 37.9 Å². The number of unbranched alkanes of at least 4 members (excludes halogenated alkanes) is 22. The number of carbonyl (C=O) groups excluding carboxylic acids is 2. The molecule has 0 fully saturated rings. The number of carbonyl (C=O) groups is 2. The zero-order valence-electron chi connectivity index (χ0n) is 40.9. The third-order valence-electron chi connectivity index (χ3n) is 10.9. The molecule has 356 valence electrons. The predicted molar refractivity (Wildman–Crippen MR) is 270 cm³/mol. The van der Waals surface area contributed by atoms with Gasteiger partial charge in [0.05, 0.1) is 6.61 Å².